The first-order valence-electron chi connectivity index (χ1n) is 8.07. The Labute approximate surface area is 131 Å². The Morgan fingerprint density at radius 1 is 1.41 bits per heavy atom. The fraction of sp³-hybridized carbons (Fsp3) is 0.588. The van der Waals surface area contributed by atoms with E-state index in [-0.39, 0.29) is 0 Å². The summed E-state index contributed by atoms with van der Waals surface area (Å²) in [6.07, 6.45) is 5.32. The van der Waals surface area contributed by atoms with Crippen molar-refractivity contribution in [3.63, 3.8) is 0 Å². The summed E-state index contributed by atoms with van der Waals surface area (Å²) < 4.78 is 13.1. The molecule has 5 heteroatoms. The molecule has 3 rings (SSSR count). The van der Waals surface area contributed by atoms with Crippen molar-refractivity contribution >= 4 is 10.9 Å². The van der Waals surface area contributed by atoms with E-state index in [4.69, 9.17) is 9.47 Å². The number of hydrogen-bond donors (Lipinski definition) is 1. The summed E-state index contributed by atoms with van der Waals surface area (Å²) in [5, 5.41) is 4.63. The lowest BCUT2D eigenvalue weighted by atomic mass is 9.96. The number of ether oxygens (including phenoxy) is 2. The van der Waals surface area contributed by atoms with E-state index in [1.165, 1.54) is 24.1 Å². The Hall–Kier alpha value is -1.59. The van der Waals surface area contributed by atoms with Gasteiger partial charge in [0.2, 0.25) is 5.88 Å². The minimum Gasteiger partial charge on any atom is -0.481 e. The fourth-order valence-corrected chi connectivity index (χ4v) is 3.40. The summed E-state index contributed by atoms with van der Waals surface area (Å²) in [5.41, 5.74) is 2.60. The molecule has 2 aromatic heterocycles. The van der Waals surface area contributed by atoms with Crippen LogP contribution in [0.5, 0.6) is 5.88 Å². The minimum absolute atomic E-state index is 0.563. The largest absolute Gasteiger partial charge is 0.481 e. The van der Waals surface area contributed by atoms with Crippen molar-refractivity contribution in [1.82, 2.24) is 14.9 Å². The second-order valence-corrected chi connectivity index (χ2v) is 5.86. The topological polar surface area (TPSA) is 48.3 Å². The van der Waals surface area contributed by atoms with Gasteiger partial charge in [0, 0.05) is 44.6 Å². The second kappa shape index (κ2) is 7.11. The maximum absolute atomic E-state index is 5.44. The summed E-state index contributed by atoms with van der Waals surface area (Å²) in [6, 6.07) is 4.36. The van der Waals surface area contributed by atoms with Gasteiger partial charge in [-0.15, -0.1) is 0 Å². The van der Waals surface area contributed by atoms with Crippen LogP contribution >= 0.6 is 0 Å². The standard InChI is InChI=1S/C17H25N3O2/c1-21-10-4-9-20-15-6-8-19-17(22-2)14(15)11-16(20)13-5-3-7-18-12-13/h6,8,11,13,18H,3-5,7,9-10,12H2,1-2H3. The molecular weight excluding hydrogens is 278 g/mol. The minimum atomic E-state index is 0.563. The lowest BCUT2D eigenvalue weighted by Crippen LogP contribution is -2.29. The first-order chi connectivity index (χ1) is 10.8. The van der Waals surface area contributed by atoms with Crippen LogP contribution in [0.25, 0.3) is 10.9 Å². The van der Waals surface area contributed by atoms with Crippen LogP contribution in [0.15, 0.2) is 18.3 Å². The molecule has 5 nitrogen and oxygen atoms in total. The molecule has 1 unspecified atom stereocenters. The molecule has 0 saturated carbocycles. The van der Waals surface area contributed by atoms with Crippen LogP contribution in [0.4, 0.5) is 0 Å². The molecule has 1 fully saturated rings. The monoisotopic (exact) mass is 303 g/mol. The molecule has 1 aliphatic heterocycles. The average molecular weight is 303 g/mol. The molecule has 0 amide bonds. The maximum Gasteiger partial charge on any atom is 0.222 e. The number of rotatable bonds is 6. The number of methoxy groups -OCH3 is 2. The van der Waals surface area contributed by atoms with Crippen LogP contribution in [0.3, 0.4) is 0 Å². The summed E-state index contributed by atoms with van der Waals surface area (Å²) in [7, 11) is 3.44. The Bertz CT molecular complexity index is 618. The third-order valence-electron chi connectivity index (χ3n) is 4.46. The molecule has 1 atom stereocenters. The van der Waals surface area contributed by atoms with E-state index >= 15 is 0 Å². The number of hydrogen-bond acceptors (Lipinski definition) is 4. The number of nitrogens with one attached hydrogen (secondary N) is 1. The number of aromatic nitrogens is 2. The van der Waals surface area contributed by atoms with Crippen LogP contribution in [0.2, 0.25) is 0 Å². The zero-order chi connectivity index (χ0) is 15.4. The molecule has 0 aromatic carbocycles. The van der Waals surface area contributed by atoms with E-state index in [1.54, 1.807) is 14.2 Å². The first kappa shape index (κ1) is 15.3. The van der Waals surface area contributed by atoms with Gasteiger partial charge in [0.1, 0.15) is 0 Å². The molecule has 22 heavy (non-hydrogen) atoms. The molecule has 0 aliphatic carbocycles. The van der Waals surface area contributed by atoms with Crippen LogP contribution < -0.4 is 10.1 Å². The highest BCUT2D eigenvalue weighted by molar-refractivity contribution is 5.86. The first-order valence-corrected chi connectivity index (χ1v) is 8.07. The summed E-state index contributed by atoms with van der Waals surface area (Å²) in [4.78, 5) is 4.35. The van der Waals surface area contributed by atoms with Crippen LogP contribution in [0, 0.1) is 0 Å². The maximum atomic E-state index is 5.44. The third kappa shape index (κ3) is 2.96. The van der Waals surface area contributed by atoms with Gasteiger partial charge in [-0.05, 0) is 37.9 Å². The molecule has 1 aliphatic rings. The van der Waals surface area contributed by atoms with Gasteiger partial charge in [-0.3, -0.25) is 0 Å². The number of piperidine rings is 1. The third-order valence-corrected chi connectivity index (χ3v) is 4.46. The molecule has 2 aromatic rings. The predicted octanol–water partition coefficient (Wildman–Crippen LogP) is 2.55. The van der Waals surface area contributed by atoms with Crippen molar-refractivity contribution in [2.24, 2.45) is 0 Å². The van der Waals surface area contributed by atoms with Crippen LogP contribution in [-0.4, -0.2) is 43.5 Å². The quantitative estimate of drug-likeness (QED) is 0.833. The Kier molecular flexibility index (Phi) is 4.95. The lowest BCUT2D eigenvalue weighted by molar-refractivity contribution is 0.190. The van der Waals surface area contributed by atoms with Gasteiger partial charge in [-0.25, -0.2) is 4.98 Å². The van der Waals surface area contributed by atoms with Crippen molar-refractivity contribution in [3.8, 4) is 5.88 Å². The summed E-state index contributed by atoms with van der Waals surface area (Å²) in [6.45, 7) is 3.93. The molecular formula is C17H25N3O2. The Balaban J connectivity index is 2.01. The van der Waals surface area contributed by atoms with Crippen molar-refractivity contribution in [3.05, 3.63) is 24.0 Å². The zero-order valence-electron chi connectivity index (χ0n) is 13.5. The van der Waals surface area contributed by atoms with Gasteiger partial charge in [-0.2, -0.15) is 0 Å². The highest BCUT2D eigenvalue weighted by atomic mass is 16.5. The van der Waals surface area contributed by atoms with E-state index in [9.17, 15) is 0 Å². The molecule has 3 heterocycles. The second-order valence-electron chi connectivity index (χ2n) is 5.86. The SMILES string of the molecule is COCCCn1c(C2CCCNC2)cc2c(OC)nccc21. The van der Waals surface area contributed by atoms with E-state index < -0.39 is 0 Å². The molecule has 120 valence electrons. The predicted molar refractivity (Wildman–Crippen MR) is 87.6 cm³/mol. The van der Waals surface area contributed by atoms with Gasteiger partial charge < -0.3 is 19.4 Å². The van der Waals surface area contributed by atoms with Gasteiger partial charge in [0.15, 0.2) is 0 Å². The van der Waals surface area contributed by atoms with E-state index in [2.05, 4.69) is 27.0 Å². The number of nitrogens with zero attached hydrogens (tertiary/aromatic N) is 2. The van der Waals surface area contributed by atoms with E-state index in [0.29, 0.717) is 11.8 Å². The molecule has 0 spiro atoms. The Morgan fingerprint density at radius 3 is 3.05 bits per heavy atom. The number of fused-ring (bicyclic) bond motifs is 1. The average Bonchev–Trinajstić information content (AvgIpc) is 2.95. The number of pyridine rings is 1. The molecule has 1 saturated heterocycles. The van der Waals surface area contributed by atoms with Gasteiger partial charge in [0.05, 0.1) is 18.0 Å². The van der Waals surface area contributed by atoms with Crippen molar-refractivity contribution in [2.45, 2.75) is 31.7 Å². The number of aryl methyl sites for hydroxylation is 1. The normalized spacial score (nSPS) is 18.7. The highest BCUT2D eigenvalue weighted by Crippen LogP contribution is 2.33. The zero-order valence-corrected chi connectivity index (χ0v) is 13.5. The van der Waals surface area contributed by atoms with Crippen molar-refractivity contribution < 1.29 is 9.47 Å². The van der Waals surface area contributed by atoms with Gasteiger partial charge >= 0.3 is 0 Å². The Morgan fingerprint density at radius 2 is 2.32 bits per heavy atom. The van der Waals surface area contributed by atoms with Gasteiger partial charge in [-0.1, -0.05) is 0 Å². The van der Waals surface area contributed by atoms with Gasteiger partial charge in [0.25, 0.3) is 0 Å². The smallest absolute Gasteiger partial charge is 0.222 e. The molecule has 1 N–H and O–H groups in total. The van der Waals surface area contributed by atoms with Crippen molar-refractivity contribution in [1.29, 1.82) is 0 Å². The lowest BCUT2D eigenvalue weighted by Gasteiger charge is -2.24. The van der Waals surface area contributed by atoms with Crippen LogP contribution in [-0.2, 0) is 11.3 Å². The van der Waals surface area contributed by atoms with Crippen molar-refractivity contribution in [2.75, 3.05) is 33.9 Å². The summed E-state index contributed by atoms with van der Waals surface area (Å²) >= 11 is 0. The van der Waals surface area contributed by atoms with E-state index in [1.807, 2.05) is 6.20 Å². The van der Waals surface area contributed by atoms with E-state index in [0.717, 1.165) is 38.0 Å². The van der Waals surface area contributed by atoms with Crippen LogP contribution in [0.1, 0.15) is 30.9 Å². The highest BCUT2D eigenvalue weighted by Gasteiger charge is 2.22. The fourth-order valence-electron chi connectivity index (χ4n) is 3.40. The molecule has 0 radical (unpaired) electrons. The summed E-state index contributed by atoms with van der Waals surface area (Å²) in [5.74, 6) is 1.28. The molecule has 0 bridgehead atoms.